The van der Waals surface area contributed by atoms with Crippen molar-refractivity contribution in [2.24, 2.45) is 0 Å². The summed E-state index contributed by atoms with van der Waals surface area (Å²) in [5, 5.41) is 4.86. The predicted molar refractivity (Wildman–Crippen MR) is 104 cm³/mol. The lowest BCUT2D eigenvalue weighted by Crippen LogP contribution is -2.29. The van der Waals surface area contributed by atoms with E-state index in [2.05, 4.69) is 46.0 Å². The van der Waals surface area contributed by atoms with E-state index in [0.717, 1.165) is 21.5 Å². The van der Waals surface area contributed by atoms with Gasteiger partial charge in [-0.3, -0.25) is 4.79 Å². The van der Waals surface area contributed by atoms with Gasteiger partial charge in [-0.15, -0.1) is 0 Å². The summed E-state index contributed by atoms with van der Waals surface area (Å²) in [5.74, 6) is 1.07. The second-order valence-corrected chi connectivity index (χ2v) is 8.42. The van der Waals surface area contributed by atoms with Crippen LogP contribution in [-0.2, 0) is 18.6 Å². The standard InChI is InChI=1S/C20H21BrN4O/c1-20(2,3)25-18(23-10-6-7-11-23)15-12-24(13-17(15)22-25)19(26)14-8-4-5-9-16(14)21/h4-11H,12-13H2,1-3H3. The van der Waals surface area contributed by atoms with E-state index in [1.807, 2.05) is 53.7 Å². The van der Waals surface area contributed by atoms with Crippen LogP contribution in [0.1, 0.15) is 42.4 Å². The first kappa shape index (κ1) is 17.1. The van der Waals surface area contributed by atoms with Gasteiger partial charge in [0, 0.05) is 22.4 Å². The summed E-state index contributed by atoms with van der Waals surface area (Å²) in [4.78, 5) is 14.8. The molecule has 1 aliphatic heterocycles. The van der Waals surface area contributed by atoms with Gasteiger partial charge in [-0.05, 0) is 61.0 Å². The van der Waals surface area contributed by atoms with Gasteiger partial charge in [0.15, 0.2) is 0 Å². The van der Waals surface area contributed by atoms with Crippen LogP contribution in [0.2, 0.25) is 0 Å². The lowest BCUT2D eigenvalue weighted by Gasteiger charge is -2.24. The maximum Gasteiger partial charge on any atom is 0.255 e. The van der Waals surface area contributed by atoms with Crippen molar-refractivity contribution in [2.75, 3.05) is 0 Å². The number of carbonyl (C=O) groups is 1. The highest BCUT2D eigenvalue weighted by molar-refractivity contribution is 9.10. The Labute approximate surface area is 161 Å². The van der Waals surface area contributed by atoms with Gasteiger partial charge in [-0.1, -0.05) is 12.1 Å². The Kier molecular flexibility index (Phi) is 4.03. The first-order chi connectivity index (χ1) is 12.4. The van der Waals surface area contributed by atoms with Gasteiger partial charge < -0.3 is 9.47 Å². The Balaban J connectivity index is 1.73. The number of carbonyl (C=O) groups excluding carboxylic acids is 1. The number of nitrogens with zero attached hydrogens (tertiary/aromatic N) is 4. The number of hydrogen-bond donors (Lipinski definition) is 0. The Morgan fingerprint density at radius 1 is 1.08 bits per heavy atom. The molecule has 4 rings (SSSR count). The number of fused-ring (bicyclic) bond motifs is 1. The summed E-state index contributed by atoms with van der Waals surface area (Å²) in [5.41, 5.74) is 2.64. The van der Waals surface area contributed by atoms with Crippen LogP contribution in [-0.4, -0.2) is 25.2 Å². The van der Waals surface area contributed by atoms with Gasteiger partial charge in [-0.25, -0.2) is 4.68 Å². The molecular weight excluding hydrogens is 392 g/mol. The van der Waals surface area contributed by atoms with E-state index >= 15 is 0 Å². The van der Waals surface area contributed by atoms with Crippen LogP contribution in [0.4, 0.5) is 0 Å². The minimum absolute atomic E-state index is 0.0243. The third-order valence-corrected chi connectivity index (χ3v) is 5.30. The molecule has 134 valence electrons. The summed E-state index contributed by atoms with van der Waals surface area (Å²) in [7, 11) is 0. The number of halogens is 1. The molecule has 0 saturated carbocycles. The molecule has 6 heteroatoms. The molecule has 26 heavy (non-hydrogen) atoms. The van der Waals surface area contributed by atoms with E-state index in [1.54, 1.807) is 0 Å². The Morgan fingerprint density at radius 3 is 2.42 bits per heavy atom. The molecule has 1 aromatic carbocycles. The van der Waals surface area contributed by atoms with Gasteiger partial charge in [0.2, 0.25) is 0 Å². The lowest BCUT2D eigenvalue weighted by molar-refractivity contribution is 0.0747. The van der Waals surface area contributed by atoms with Crippen LogP contribution < -0.4 is 0 Å². The maximum absolute atomic E-state index is 13.0. The van der Waals surface area contributed by atoms with Gasteiger partial charge in [-0.2, -0.15) is 5.10 Å². The Morgan fingerprint density at radius 2 is 1.77 bits per heavy atom. The fourth-order valence-corrected chi connectivity index (χ4v) is 3.81. The SMILES string of the molecule is CC(C)(C)n1nc2c(c1-n1cccc1)CN(C(=O)c1ccccc1Br)C2. The summed E-state index contributed by atoms with van der Waals surface area (Å²) in [6.45, 7) is 7.54. The monoisotopic (exact) mass is 412 g/mol. The summed E-state index contributed by atoms with van der Waals surface area (Å²) in [6.07, 6.45) is 4.05. The van der Waals surface area contributed by atoms with E-state index in [9.17, 15) is 4.79 Å². The molecular formula is C20H21BrN4O. The summed E-state index contributed by atoms with van der Waals surface area (Å²) in [6, 6.07) is 11.6. The largest absolute Gasteiger partial charge is 0.328 e. The van der Waals surface area contributed by atoms with Crippen molar-refractivity contribution >= 4 is 21.8 Å². The Bertz CT molecular complexity index is 966. The van der Waals surface area contributed by atoms with E-state index in [-0.39, 0.29) is 11.4 Å². The molecule has 0 aliphatic carbocycles. The van der Waals surface area contributed by atoms with Crippen molar-refractivity contribution in [3.63, 3.8) is 0 Å². The number of amides is 1. The number of aromatic nitrogens is 3. The smallest absolute Gasteiger partial charge is 0.255 e. The minimum atomic E-state index is -0.138. The second kappa shape index (κ2) is 6.13. The summed E-state index contributed by atoms with van der Waals surface area (Å²) >= 11 is 3.48. The minimum Gasteiger partial charge on any atom is -0.328 e. The van der Waals surface area contributed by atoms with E-state index in [0.29, 0.717) is 18.7 Å². The number of rotatable bonds is 2. The molecule has 1 amide bonds. The normalized spacial score (nSPS) is 13.9. The topological polar surface area (TPSA) is 43.1 Å². The quantitative estimate of drug-likeness (QED) is 0.627. The van der Waals surface area contributed by atoms with Crippen LogP contribution in [0, 0.1) is 0 Å². The zero-order valence-electron chi connectivity index (χ0n) is 15.1. The fourth-order valence-electron chi connectivity index (χ4n) is 3.36. The zero-order chi connectivity index (χ0) is 18.5. The molecule has 0 saturated heterocycles. The van der Waals surface area contributed by atoms with Crippen molar-refractivity contribution in [1.82, 2.24) is 19.2 Å². The average molecular weight is 413 g/mol. The molecule has 0 unspecified atom stereocenters. The zero-order valence-corrected chi connectivity index (χ0v) is 16.7. The van der Waals surface area contributed by atoms with Crippen LogP contribution in [0.15, 0.2) is 53.3 Å². The van der Waals surface area contributed by atoms with Crippen molar-refractivity contribution in [3.05, 3.63) is 70.1 Å². The van der Waals surface area contributed by atoms with Crippen LogP contribution in [0.25, 0.3) is 5.82 Å². The van der Waals surface area contributed by atoms with Crippen molar-refractivity contribution < 1.29 is 4.79 Å². The molecule has 5 nitrogen and oxygen atoms in total. The third kappa shape index (κ3) is 2.78. The molecule has 0 atom stereocenters. The van der Waals surface area contributed by atoms with Crippen molar-refractivity contribution in [2.45, 2.75) is 39.4 Å². The van der Waals surface area contributed by atoms with Crippen LogP contribution >= 0.6 is 15.9 Å². The molecule has 1 aliphatic rings. The molecule has 2 aromatic heterocycles. The van der Waals surface area contributed by atoms with E-state index < -0.39 is 0 Å². The third-order valence-electron chi connectivity index (χ3n) is 4.61. The highest BCUT2D eigenvalue weighted by atomic mass is 79.9. The van der Waals surface area contributed by atoms with Gasteiger partial charge >= 0.3 is 0 Å². The molecule has 0 spiro atoms. The van der Waals surface area contributed by atoms with Gasteiger partial charge in [0.25, 0.3) is 5.91 Å². The highest BCUT2D eigenvalue weighted by Gasteiger charge is 2.34. The first-order valence-corrected chi connectivity index (χ1v) is 9.44. The van der Waals surface area contributed by atoms with E-state index in [1.165, 1.54) is 0 Å². The van der Waals surface area contributed by atoms with Crippen LogP contribution in [0.3, 0.4) is 0 Å². The van der Waals surface area contributed by atoms with Gasteiger partial charge in [0.05, 0.1) is 29.9 Å². The van der Waals surface area contributed by atoms with Crippen molar-refractivity contribution in [1.29, 1.82) is 0 Å². The van der Waals surface area contributed by atoms with Crippen LogP contribution in [0.5, 0.6) is 0 Å². The summed E-state index contributed by atoms with van der Waals surface area (Å²) < 4.78 is 4.97. The Hall–Kier alpha value is -2.34. The molecule has 3 aromatic rings. The molecule has 0 fully saturated rings. The predicted octanol–water partition coefficient (Wildman–Crippen LogP) is 4.35. The lowest BCUT2D eigenvalue weighted by atomic mass is 10.1. The van der Waals surface area contributed by atoms with E-state index in [4.69, 9.17) is 5.10 Å². The van der Waals surface area contributed by atoms with Gasteiger partial charge in [0.1, 0.15) is 5.82 Å². The molecule has 3 heterocycles. The highest BCUT2D eigenvalue weighted by Crippen LogP contribution is 2.33. The second-order valence-electron chi connectivity index (χ2n) is 7.56. The average Bonchev–Trinajstić information content (AvgIpc) is 3.29. The number of hydrogen-bond acceptors (Lipinski definition) is 2. The molecule has 0 radical (unpaired) electrons. The van der Waals surface area contributed by atoms with Crippen molar-refractivity contribution in [3.8, 4) is 5.82 Å². The fraction of sp³-hybridized carbons (Fsp3) is 0.300. The number of benzene rings is 1. The molecule has 0 bridgehead atoms. The molecule has 0 N–H and O–H groups in total. The first-order valence-electron chi connectivity index (χ1n) is 8.64. The maximum atomic E-state index is 13.0.